The monoisotopic (exact) mass is 490 g/mol. The second-order valence-electron chi connectivity index (χ2n) is 8.08. The molecule has 1 aromatic rings. The summed E-state index contributed by atoms with van der Waals surface area (Å²) in [5.41, 5.74) is 2.37. The molecule has 4 rings (SSSR count). The molecule has 1 fully saturated rings. The molecule has 0 radical (unpaired) electrons. The van der Waals surface area contributed by atoms with Crippen LogP contribution < -0.4 is 5.32 Å². The molecule has 0 saturated carbocycles. The molecule has 34 heavy (non-hydrogen) atoms. The Morgan fingerprint density at radius 3 is 2.88 bits per heavy atom. The number of hydrogen-bond acceptors (Lipinski definition) is 8. The standard InChI is InChI=1S/C23H24ClFN4O5/c1-12-6-7-26-19(12)21-27-15(10-29-8-9-34-11-16(29)22(30)31)17(23(32)33-2)20(28-21)13-4-3-5-14(25)18(13)24/h3-5,7,16,20H,6,8-11H2,1-2H3,(H,27,28)(H,30,31)/t16-,20-/m0/s1. The van der Waals surface area contributed by atoms with Crippen LogP contribution >= 0.6 is 11.6 Å². The average molecular weight is 491 g/mol. The molecular weight excluding hydrogens is 467 g/mol. The minimum absolute atomic E-state index is 0.0187. The van der Waals surface area contributed by atoms with Crippen LogP contribution in [0.5, 0.6) is 0 Å². The topological polar surface area (TPSA) is 113 Å². The summed E-state index contributed by atoms with van der Waals surface area (Å²) in [4.78, 5) is 35.6. The number of carboxylic acid groups (broad SMARTS) is 1. The van der Waals surface area contributed by atoms with E-state index in [1.54, 1.807) is 17.2 Å². The van der Waals surface area contributed by atoms with Crippen LogP contribution in [0.2, 0.25) is 5.02 Å². The van der Waals surface area contributed by atoms with Crippen molar-refractivity contribution in [2.45, 2.75) is 25.4 Å². The summed E-state index contributed by atoms with van der Waals surface area (Å²) in [6, 6.07) is 2.42. The Bertz CT molecular complexity index is 1150. The molecule has 1 saturated heterocycles. The number of carboxylic acids is 1. The van der Waals surface area contributed by atoms with E-state index < -0.39 is 29.8 Å². The predicted octanol–water partition coefficient (Wildman–Crippen LogP) is 2.48. The molecule has 0 aliphatic carbocycles. The molecule has 11 heteroatoms. The highest BCUT2D eigenvalue weighted by molar-refractivity contribution is 6.31. The fraction of sp³-hybridized carbons (Fsp3) is 0.391. The largest absolute Gasteiger partial charge is 0.480 e. The van der Waals surface area contributed by atoms with Crippen molar-refractivity contribution in [3.05, 3.63) is 57.1 Å². The maximum Gasteiger partial charge on any atom is 0.338 e. The summed E-state index contributed by atoms with van der Waals surface area (Å²) < 4.78 is 24.7. The first kappa shape index (κ1) is 24.1. The number of carbonyl (C=O) groups excluding carboxylic acids is 1. The number of nitrogens with zero attached hydrogens (tertiary/aromatic N) is 3. The molecule has 3 aliphatic heterocycles. The van der Waals surface area contributed by atoms with Crippen molar-refractivity contribution < 1.29 is 28.6 Å². The number of hydrogen-bond donors (Lipinski definition) is 2. The van der Waals surface area contributed by atoms with Crippen LogP contribution in [0, 0.1) is 5.82 Å². The van der Waals surface area contributed by atoms with E-state index in [0.717, 1.165) is 5.57 Å². The van der Waals surface area contributed by atoms with E-state index in [4.69, 9.17) is 26.1 Å². The third-order valence-electron chi connectivity index (χ3n) is 5.94. The molecule has 0 amide bonds. The first-order valence-corrected chi connectivity index (χ1v) is 11.1. The summed E-state index contributed by atoms with van der Waals surface area (Å²) in [5, 5.41) is 12.7. The lowest BCUT2D eigenvalue weighted by molar-refractivity contribution is -0.149. The van der Waals surface area contributed by atoms with E-state index in [9.17, 15) is 19.1 Å². The number of halogens is 2. The first-order chi connectivity index (χ1) is 16.3. The molecule has 2 N–H and O–H groups in total. The Hall–Kier alpha value is -3.08. The van der Waals surface area contributed by atoms with Crippen LogP contribution in [0.25, 0.3) is 0 Å². The number of allylic oxidation sites excluding steroid dienone is 1. The van der Waals surface area contributed by atoms with Gasteiger partial charge in [-0.15, -0.1) is 0 Å². The average Bonchev–Trinajstić information content (AvgIpc) is 3.26. The smallest absolute Gasteiger partial charge is 0.338 e. The molecule has 180 valence electrons. The molecule has 0 aromatic heterocycles. The normalized spacial score (nSPS) is 23.1. The van der Waals surface area contributed by atoms with Crippen LogP contribution in [0.3, 0.4) is 0 Å². The lowest BCUT2D eigenvalue weighted by Crippen LogP contribution is -2.52. The molecule has 0 unspecified atom stereocenters. The van der Waals surface area contributed by atoms with E-state index in [-0.39, 0.29) is 29.3 Å². The van der Waals surface area contributed by atoms with Crippen molar-refractivity contribution in [2.24, 2.45) is 9.98 Å². The van der Waals surface area contributed by atoms with Gasteiger partial charge in [0.05, 0.1) is 30.9 Å². The van der Waals surface area contributed by atoms with Crippen LogP contribution in [-0.2, 0) is 19.1 Å². The molecule has 3 heterocycles. The molecule has 3 aliphatic rings. The van der Waals surface area contributed by atoms with Crippen molar-refractivity contribution in [2.75, 3.05) is 33.4 Å². The Balaban J connectivity index is 1.85. The lowest BCUT2D eigenvalue weighted by Gasteiger charge is -2.36. The highest BCUT2D eigenvalue weighted by Gasteiger charge is 2.37. The molecule has 1 aromatic carbocycles. The Labute approximate surface area is 200 Å². The van der Waals surface area contributed by atoms with Crippen molar-refractivity contribution in [1.29, 1.82) is 0 Å². The second-order valence-corrected chi connectivity index (χ2v) is 8.45. The second kappa shape index (κ2) is 10.0. The van der Waals surface area contributed by atoms with E-state index >= 15 is 0 Å². The number of methoxy groups -OCH3 is 1. The van der Waals surface area contributed by atoms with Crippen LogP contribution in [-0.4, -0.2) is 73.5 Å². The van der Waals surface area contributed by atoms with Crippen LogP contribution in [0.15, 0.2) is 50.7 Å². The minimum atomic E-state index is -1.03. The SMILES string of the molecule is COC(=O)C1=C(CN2CCOC[C@H]2C(=O)O)NC(C2=C(C)CC=N2)=N[C@H]1c1cccc(F)c1Cl. The van der Waals surface area contributed by atoms with E-state index in [1.165, 1.54) is 19.2 Å². The van der Waals surface area contributed by atoms with Crippen molar-refractivity contribution >= 4 is 35.6 Å². The summed E-state index contributed by atoms with van der Waals surface area (Å²) in [6.45, 7) is 2.69. The van der Waals surface area contributed by atoms with E-state index in [0.29, 0.717) is 36.8 Å². The fourth-order valence-electron chi connectivity index (χ4n) is 4.15. The van der Waals surface area contributed by atoms with Crippen molar-refractivity contribution in [1.82, 2.24) is 10.2 Å². The van der Waals surface area contributed by atoms with Gasteiger partial charge in [-0.1, -0.05) is 23.7 Å². The van der Waals surface area contributed by atoms with Gasteiger partial charge in [0.1, 0.15) is 23.6 Å². The van der Waals surface area contributed by atoms with Gasteiger partial charge in [-0.2, -0.15) is 0 Å². The number of morpholine rings is 1. The van der Waals surface area contributed by atoms with Gasteiger partial charge in [0.25, 0.3) is 0 Å². The van der Waals surface area contributed by atoms with Crippen molar-refractivity contribution in [3.63, 3.8) is 0 Å². The summed E-state index contributed by atoms with van der Waals surface area (Å²) in [5.74, 6) is -1.97. The molecule has 9 nitrogen and oxygen atoms in total. The third kappa shape index (κ3) is 4.61. The number of benzene rings is 1. The molecular formula is C23H24ClFN4O5. The zero-order valence-electron chi connectivity index (χ0n) is 18.7. The fourth-order valence-corrected chi connectivity index (χ4v) is 4.38. The zero-order chi connectivity index (χ0) is 24.4. The number of esters is 1. The number of nitrogens with one attached hydrogen (secondary N) is 1. The number of rotatable bonds is 6. The predicted molar refractivity (Wildman–Crippen MR) is 123 cm³/mol. The van der Waals surface area contributed by atoms with Crippen LogP contribution in [0.4, 0.5) is 4.39 Å². The van der Waals surface area contributed by atoms with Gasteiger partial charge >= 0.3 is 11.9 Å². The number of ether oxygens (including phenoxy) is 2. The van der Waals surface area contributed by atoms with Gasteiger partial charge in [0.15, 0.2) is 5.84 Å². The summed E-state index contributed by atoms with van der Waals surface area (Å²) in [6.07, 6.45) is 2.40. The van der Waals surface area contributed by atoms with Gasteiger partial charge in [-0.25, -0.2) is 9.18 Å². The van der Waals surface area contributed by atoms with Gasteiger partial charge in [0, 0.05) is 37.0 Å². The molecule has 2 atom stereocenters. The lowest BCUT2D eigenvalue weighted by atomic mass is 9.94. The maximum absolute atomic E-state index is 14.4. The maximum atomic E-state index is 14.4. The Kier molecular flexibility index (Phi) is 7.11. The zero-order valence-corrected chi connectivity index (χ0v) is 19.4. The third-order valence-corrected chi connectivity index (χ3v) is 6.34. The van der Waals surface area contributed by atoms with Crippen molar-refractivity contribution in [3.8, 4) is 0 Å². The number of aliphatic imine (C=N–C) groups is 2. The number of carbonyl (C=O) groups is 2. The summed E-state index contributed by atoms with van der Waals surface area (Å²) in [7, 11) is 1.24. The highest BCUT2D eigenvalue weighted by atomic mass is 35.5. The highest BCUT2D eigenvalue weighted by Crippen LogP contribution is 2.38. The Morgan fingerprint density at radius 2 is 2.21 bits per heavy atom. The molecule has 0 bridgehead atoms. The quantitative estimate of drug-likeness (QED) is 0.589. The number of aliphatic carboxylic acids is 1. The first-order valence-electron chi connectivity index (χ1n) is 10.7. The van der Waals surface area contributed by atoms with Gasteiger partial charge < -0.3 is 19.9 Å². The van der Waals surface area contributed by atoms with Gasteiger partial charge in [0.2, 0.25) is 0 Å². The van der Waals surface area contributed by atoms with Gasteiger partial charge in [-0.3, -0.25) is 19.7 Å². The van der Waals surface area contributed by atoms with Gasteiger partial charge in [-0.05, 0) is 18.6 Å². The summed E-state index contributed by atoms with van der Waals surface area (Å²) >= 11 is 6.29. The van der Waals surface area contributed by atoms with E-state index in [2.05, 4.69) is 10.3 Å². The molecule has 0 spiro atoms. The number of amidine groups is 1. The minimum Gasteiger partial charge on any atom is -0.480 e. The Morgan fingerprint density at radius 1 is 1.41 bits per heavy atom. The van der Waals surface area contributed by atoms with Crippen LogP contribution in [0.1, 0.15) is 24.9 Å². The van der Waals surface area contributed by atoms with E-state index in [1.807, 2.05) is 6.92 Å².